The maximum atomic E-state index is 12.4. The van der Waals surface area contributed by atoms with Crippen molar-refractivity contribution in [1.29, 1.82) is 0 Å². The molecule has 1 saturated heterocycles. The van der Waals surface area contributed by atoms with Gasteiger partial charge in [-0.05, 0) is 32.4 Å². The molecule has 0 aromatic heterocycles. The minimum absolute atomic E-state index is 0.137. The number of fused-ring (bicyclic) bond motifs is 1. The zero-order valence-corrected chi connectivity index (χ0v) is 17.3. The van der Waals surface area contributed by atoms with Gasteiger partial charge in [0, 0.05) is 25.3 Å². The van der Waals surface area contributed by atoms with Crippen molar-refractivity contribution in [2.75, 3.05) is 6.61 Å². The fourth-order valence-electron chi connectivity index (χ4n) is 3.51. The highest BCUT2D eigenvalue weighted by Gasteiger charge is 2.45. The monoisotopic (exact) mass is 404 g/mol. The highest BCUT2D eigenvalue weighted by Crippen LogP contribution is 2.36. The minimum Gasteiger partial charge on any atom is -0.458 e. The number of carbonyl (C=O) groups is 3. The minimum atomic E-state index is -0.696. The number of hydrogen-bond donors (Lipinski definition) is 1. The molecule has 158 valence electrons. The van der Waals surface area contributed by atoms with Crippen molar-refractivity contribution in [2.45, 2.75) is 58.8 Å². The van der Waals surface area contributed by atoms with Crippen molar-refractivity contribution < 1.29 is 33.7 Å². The van der Waals surface area contributed by atoms with Gasteiger partial charge in [-0.2, -0.15) is 0 Å². The highest BCUT2D eigenvalue weighted by atomic mass is 16.6. The van der Waals surface area contributed by atoms with Gasteiger partial charge in [-0.1, -0.05) is 24.3 Å². The Balaban J connectivity index is 2.43. The summed E-state index contributed by atoms with van der Waals surface area (Å²) in [6.07, 6.45) is 4.09. The molecule has 0 unspecified atom stereocenters. The average molecular weight is 404 g/mol. The smallest absolute Gasteiger partial charge is 0.336 e. The zero-order valence-electron chi connectivity index (χ0n) is 17.3. The van der Waals surface area contributed by atoms with Crippen molar-refractivity contribution in [3.8, 4) is 0 Å². The van der Waals surface area contributed by atoms with Crippen molar-refractivity contribution in [1.82, 2.24) is 0 Å². The Labute approximate surface area is 170 Å². The van der Waals surface area contributed by atoms with Crippen LogP contribution in [-0.2, 0) is 28.6 Å². The summed E-state index contributed by atoms with van der Waals surface area (Å²) in [7, 11) is 0. The van der Waals surface area contributed by atoms with Gasteiger partial charge in [0.15, 0.2) is 0 Å². The third-order valence-corrected chi connectivity index (χ3v) is 5.15. The number of esters is 3. The predicted molar refractivity (Wildman–Crippen MR) is 106 cm³/mol. The summed E-state index contributed by atoms with van der Waals surface area (Å²) in [4.78, 5) is 36.1. The number of rotatable bonds is 4. The van der Waals surface area contributed by atoms with Crippen LogP contribution in [0.2, 0.25) is 0 Å². The second-order valence-corrected chi connectivity index (χ2v) is 7.34. The molecule has 29 heavy (non-hydrogen) atoms. The molecule has 1 heterocycles. The first-order valence-corrected chi connectivity index (χ1v) is 9.55. The van der Waals surface area contributed by atoms with Crippen LogP contribution in [0.1, 0.15) is 40.5 Å². The van der Waals surface area contributed by atoms with Crippen LogP contribution in [0.25, 0.3) is 0 Å². The largest absolute Gasteiger partial charge is 0.458 e. The zero-order chi connectivity index (χ0) is 21.7. The van der Waals surface area contributed by atoms with Gasteiger partial charge in [-0.25, -0.2) is 9.59 Å². The van der Waals surface area contributed by atoms with E-state index in [2.05, 4.69) is 6.58 Å². The van der Waals surface area contributed by atoms with Crippen molar-refractivity contribution in [3.05, 3.63) is 47.1 Å². The molecule has 0 radical (unpaired) electrons. The van der Waals surface area contributed by atoms with Crippen molar-refractivity contribution in [3.63, 3.8) is 0 Å². The Morgan fingerprint density at radius 2 is 2.03 bits per heavy atom. The van der Waals surface area contributed by atoms with E-state index in [1.54, 1.807) is 19.9 Å². The van der Waals surface area contributed by atoms with Gasteiger partial charge in [0.2, 0.25) is 0 Å². The van der Waals surface area contributed by atoms with E-state index >= 15 is 0 Å². The summed E-state index contributed by atoms with van der Waals surface area (Å²) < 4.78 is 16.5. The first-order chi connectivity index (χ1) is 13.7. The molecule has 0 saturated carbocycles. The van der Waals surface area contributed by atoms with E-state index in [4.69, 9.17) is 14.2 Å². The molecule has 0 amide bonds. The van der Waals surface area contributed by atoms with Crippen LogP contribution in [-0.4, -0.2) is 47.9 Å². The van der Waals surface area contributed by atoms with Crippen LogP contribution in [0.15, 0.2) is 47.1 Å². The molecule has 0 aromatic rings. The lowest BCUT2D eigenvalue weighted by molar-refractivity contribution is -0.148. The van der Waals surface area contributed by atoms with Gasteiger partial charge in [-0.3, -0.25) is 4.79 Å². The SMILES string of the molecule is C=C1C(=O)O[C@@H]2/C=C(/C)[C@H](OC(C)=O)C/C=C(\C)C[C@@H](OC(=O)/C(=C\C)CO)[C@@H]12. The van der Waals surface area contributed by atoms with Gasteiger partial charge in [-0.15, -0.1) is 0 Å². The Morgan fingerprint density at radius 1 is 1.34 bits per heavy atom. The third-order valence-electron chi connectivity index (χ3n) is 5.15. The quantitative estimate of drug-likeness (QED) is 0.333. The lowest BCUT2D eigenvalue weighted by atomic mass is 9.85. The molecule has 7 nitrogen and oxygen atoms in total. The lowest BCUT2D eigenvalue weighted by Crippen LogP contribution is -2.34. The Hall–Kier alpha value is -2.67. The molecule has 2 rings (SSSR count). The molecule has 0 spiro atoms. The molecule has 1 aliphatic carbocycles. The Bertz CT molecular complexity index is 787. The lowest BCUT2D eigenvalue weighted by Gasteiger charge is -2.28. The fraction of sp³-hybridized carbons (Fsp3) is 0.500. The fourth-order valence-corrected chi connectivity index (χ4v) is 3.51. The highest BCUT2D eigenvalue weighted by molar-refractivity contribution is 5.92. The standard InChI is InChI=1S/C22H28O7/c1-6-16(11-23)22(26)29-18-9-12(2)7-8-17(27-15(5)24)13(3)10-19-20(18)14(4)21(25)28-19/h6-7,10,17-20,23H,4,8-9,11H2,1-3,5H3/b12-7+,13-10-,16-6-/t17-,18-,19-,20-/m1/s1. The third kappa shape index (κ3) is 5.44. The predicted octanol–water partition coefficient (Wildman–Crippen LogP) is 2.55. The number of carbonyl (C=O) groups excluding carboxylic acids is 3. The molecule has 0 aromatic carbocycles. The van der Waals surface area contributed by atoms with Gasteiger partial charge >= 0.3 is 17.9 Å². The molecule has 1 fully saturated rings. The summed E-state index contributed by atoms with van der Waals surface area (Å²) in [5.74, 6) is -2.18. The number of hydrogen-bond acceptors (Lipinski definition) is 7. The van der Waals surface area contributed by atoms with Crippen LogP contribution in [0.5, 0.6) is 0 Å². The second-order valence-electron chi connectivity index (χ2n) is 7.34. The Kier molecular flexibility index (Phi) is 7.56. The van der Waals surface area contributed by atoms with E-state index in [0.717, 1.165) is 11.1 Å². The number of ether oxygens (including phenoxy) is 3. The number of aliphatic hydroxyl groups excluding tert-OH is 1. The molecule has 1 aliphatic heterocycles. The molecule has 0 bridgehead atoms. The van der Waals surface area contributed by atoms with E-state index in [1.165, 1.54) is 13.0 Å². The van der Waals surface area contributed by atoms with E-state index in [-0.39, 0.29) is 11.1 Å². The molecular weight excluding hydrogens is 376 g/mol. The summed E-state index contributed by atoms with van der Waals surface area (Å²) in [5.41, 5.74) is 2.00. The van der Waals surface area contributed by atoms with Crippen LogP contribution in [0.3, 0.4) is 0 Å². The van der Waals surface area contributed by atoms with Gasteiger partial charge in [0.1, 0.15) is 18.3 Å². The molecule has 4 atom stereocenters. The van der Waals surface area contributed by atoms with Crippen LogP contribution in [0.4, 0.5) is 0 Å². The maximum Gasteiger partial charge on any atom is 0.336 e. The van der Waals surface area contributed by atoms with Gasteiger partial charge in [0.25, 0.3) is 0 Å². The van der Waals surface area contributed by atoms with Gasteiger partial charge < -0.3 is 19.3 Å². The van der Waals surface area contributed by atoms with Crippen molar-refractivity contribution >= 4 is 17.9 Å². The summed E-state index contributed by atoms with van der Waals surface area (Å²) in [5, 5.41) is 9.35. The molecule has 2 aliphatic rings. The number of aliphatic hydroxyl groups is 1. The molecular formula is C22H28O7. The topological polar surface area (TPSA) is 99.1 Å². The van der Waals surface area contributed by atoms with E-state index in [0.29, 0.717) is 12.8 Å². The van der Waals surface area contributed by atoms with Crippen LogP contribution in [0, 0.1) is 5.92 Å². The van der Waals surface area contributed by atoms with Gasteiger partial charge in [0.05, 0.1) is 18.1 Å². The van der Waals surface area contributed by atoms with Crippen LogP contribution < -0.4 is 0 Å². The van der Waals surface area contributed by atoms with Crippen LogP contribution >= 0.6 is 0 Å². The number of allylic oxidation sites excluding steroid dienone is 1. The average Bonchev–Trinajstić information content (AvgIpc) is 2.91. The second kappa shape index (κ2) is 9.69. The summed E-state index contributed by atoms with van der Waals surface area (Å²) >= 11 is 0. The van der Waals surface area contributed by atoms with Crippen molar-refractivity contribution in [2.24, 2.45) is 5.92 Å². The first kappa shape index (κ1) is 22.6. The molecule has 7 heteroatoms. The Morgan fingerprint density at radius 3 is 2.62 bits per heavy atom. The first-order valence-electron chi connectivity index (χ1n) is 9.55. The summed E-state index contributed by atoms with van der Waals surface area (Å²) in [6.45, 7) is 10.1. The summed E-state index contributed by atoms with van der Waals surface area (Å²) in [6, 6.07) is 0. The van der Waals surface area contributed by atoms with E-state index < -0.39 is 48.7 Å². The normalized spacial score (nSPS) is 31.6. The maximum absolute atomic E-state index is 12.4. The molecule has 1 N–H and O–H groups in total. The van der Waals surface area contributed by atoms with E-state index in [9.17, 15) is 19.5 Å². The van der Waals surface area contributed by atoms with E-state index in [1.807, 2.05) is 13.0 Å².